The molecule has 0 radical (unpaired) electrons. The van der Waals surface area contributed by atoms with Gasteiger partial charge in [0.2, 0.25) is 11.8 Å². The second kappa shape index (κ2) is 8.79. The zero-order chi connectivity index (χ0) is 18.5. The SMILES string of the molecule is CC(=O)N1CCC(C(=O)N2CCC(COc3ncc(Br)cn3)CC2)CC1. The topological polar surface area (TPSA) is 75.6 Å². The maximum Gasteiger partial charge on any atom is 0.316 e. The van der Waals surface area contributed by atoms with Gasteiger partial charge in [-0.3, -0.25) is 9.59 Å². The highest BCUT2D eigenvalue weighted by Crippen LogP contribution is 2.24. The molecule has 0 bridgehead atoms. The lowest BCUT2D eigenvalue weighted by Crippen LogP contribution is -2.46. The summed E-state index contributed by atoms with van der Waals surface area (Å²) in [5, 5.41) is 0. The quantitative estimate of drug-likeness (QED) is 0.739. The van der Waals surface area contributed by atoms with E-state index in [1.165, 1.54) is 0 Å². The summed E-state index contributed by atoms with van der Waals surface area (Å²) in [4.78, 5) is 36.2. The molecule has 0 spiro atoms. The number of hydrogen-bond acceptors (Lipinski definition) is 5. The fourth-order valence-electron chi connectivity index (χ4n) is 3.59. The van der Waals surface area contributed by atoms with Gasteiger partial charge in [0.15, 0.2) is 0 Å². The minimum Gasteiger partial charge on any atom is -0.463 e. The van der Waals surface area contributed by atoms with Crippen molar-refractivity contribution < 1.29 is 14.3 Å². The van der Waals surface area contributed by atoms with E-state index in [0.717, 1.165) is 43.2 Å². The summed E-state index contributed by atoms with van der Waals surface area (Å²) in [5.74, 6) is 0.843. The third-order valence-electron chi connectivity index (χ3n) is 5.26. The van der Waals surface area contributed by atoms with E-state index in [2.05, 4.69) is 25.9 Å². The number of halogens is 1. The molecule has 3 heterocycles. The molecule has 0 N–H and O–H groups in total. The molecular weight excluding hydrogens is 400 g/mol. The summed E-state index contributed by atoms with van der Waals surface area (Å²) in [6.07, 6.45) is 6.77. The van der Waals surface area contributed by atoms with Crippen LogP contribution in [0.1, 0.15) is 32.6 Å². The monoisotopic (exact) mass is 424 g/mol. The zero-order valence-corrected chi connectivity index (χ0v) is 16.7. The van der Waals surface area contributed by atoms with Crippen molar-refractivity contribution in [2.75, 3.05) is 32.8 Å². The van der Waals surface area contributed by atoms with Crippen molar-refractivity contribution in [1.29, 1.82) is 0 Å². The van der Waals surface area contributed by atoms with E-state index in [4.69, 9.17) is 4.74 Å². The number of nitrogens with zero attached hydrogens (tertiary/aromatic N) is 4. The van der Waals surface area contributed by atoms with E-state index in [1.807, 2.05) is 9.80 Å². The number of rotatable bonds is 4. The first-order valence-electron chi connectivity index (χ1n) is 9.17. The van der Waals surface area contributed by atoms with E-state index in [0.29, 0.717) is 31.6 Å². The molecule has 2 aliphatic heterocycles. The third kappa shape index (κ3) is 4.93. The standard InChI is InChI=1S/C18H25BrN4O3/c1-13(24)22-8-4-15(5-9-22)17(25)23-6-2-14(3-7-23)12-26-18-20-10-16(19)11-21-18/h10-11,14-15H,2-9,12H2,1H3. The van der Waals surface area contributed by atoms with Crippen molar-refractivity contribution in [2.24, 2.45) is 11.8 Å². The number of ether oxygens (including phenoxy) is 1. The smallest absolute Gasteiger partial charge is 0.316 e. The summed E-state index contributed by atoms with van der Waals surface area (Å²) in [7, 11) is 0. The Morgan fingerprint density at radius 2 is 1.65 bits per heavy atom. The molecule has 0 aliphatic carbocycles. The van der Waals surface area contributed by atoms with Gasteiger partial charge < -0.3 is 14.5 Å². The summed E-state index contributed by atoms with van der Waals surface area (Å²) in [6, 6.07) is 0.393. The van der Waals surface area contributed by atoms with Crippen LogP contribution in [0.25, 0.3) is 0 Å². The molecule has 2 amide bonds. The minimum atomic E-state index is 0.0644. The van der Waals surface area contributed by atoms with E-state index in [1.54, 1.807) is 19.3 Å². The number of piperidine rings is 2. The predicted octanol–water partition coefficient (Wildman–Crippen LogP) is 2.11. The molecule has 0 aromatic carbocycles. The number of amides is 2. The largest absolute Gasteiger partial charge is 0.463 e. The van der Waals surface area contributed by atoms with Crippen LogP contribution in [-0.2, 0) is 9.59 Å². The molecule has 1 aromatic rings. The van der Waals surface area contributed by atoms with Crippen molar-refractivity contribution in [2.45, 2.75) is 32.6 Å². The second-order valence-electron chi connectivity index (χ2n) is 7.04. The highest BCUT2D eigenvalue weighted by atomic mass is 79.9. The van der Waals surface area contributed by atoms with Crippen LogP contribution in [0.5, 0.6) is 6.01 Å². The van der Waals surface area contributed by atoms with Crippen LogP contribution in [0.15, 0.2) is 16.9 Å². The summed E-state index contributed by atoms with van der Waals surface area (Å²) in [5.41, 5.74) is 0. The molecule has 0 unspecified atom stereocenters. The molecule has 2 aliphatic rings. The second-order valence-corrected chi connectivity index (χ2v) is 7.96. The highest BCUT2D eigenvalue weighted by molar-refractivity contribution is 9.10. The number of carbonyl (C=O) groups excluding carboxylic acids is 2. The first-order chi connectivity index (χ1) is 12.5. The van der Waals surface area contributed by atoms with Gasteiger partial charge in [0.1, 0.15) is 0 Å². The predicted molar refractivity (Wildman–Crippen MR) is 99.5 cm³/mol. The fraction of sp³-hybridized carbons (Fsp3) is 0.667. The van der Waals surface area contributed by atoms with Crippen LogP contribution in [0, 0.1) is 11.8 Å². The average molecular weight is 425 g/mol. The zero-order valence-electron chi connectivity index (χ0n) is 15.1. The normalized spacial score (nSPS) is 19.5. The first kappa shape index (κ1) is 19.1. The fourth-order valence-corrected chi connectivity index (χ4v) is 3.79. The van der Waals surface area contributed by atoms with Crippen LogP contribution in [0.4, 0.5) is 0 Å². The lowest BCUT2D eigenvalue weighted by Gasteiger charge is -2.37. The van der Waals surface area contributed by atoms with Crippen LogP contribution in [0.3, 0.4) is 0 Å². The van der Waals surface area contributed by atoms with Crippen molar-refractivity contribution in [3.8, 4) is 6.01 Å². The summed E-state index contributed by atoms with van der Waals surface area (Å²) < 4.78 is 6.49. The molecule has 2 saturated heterocycles. The van der Waals surface area contributed by atoms with Crippen molar-refractivity contribution in [3.05, 3.63) is 16.9 Å². The van der Waals surface area contributed by atoms with Crippen LogP contribution in [0.2, 0.25) is 0 Å². The Bertz CT molecular complexity index is 624. The summed E-state index contributed by atoms with van der Waals surface area (Å²) >= 11 is 3.30. The van der Waals surface area contributed by atoms with E-state index in [-0.39, 0.29) is 17.7 Å². The number of hydrogen-bond donors (Lipinski definition) is 0. The molecule has 7 nitrogen and oxygen atoms in total. The Morgan fingerprint density at radius 3 is 2.23 bits per heavy atom. The van der Waals surface area contributed by atoms with Gasteiger partial charge in [-0.1, -0.05) is 0 Å². The number of likely N-dealkylation sites (tertiary alicyclic amines) is 2. The Labute approximate surface area is 162 Å². The molecule has 0 atom stereocenters. The maximum absolute atomic E-state index is 12.7. The lowest BCUT2D eigenvalue weighted by molar-refractivity contribution is -0.141. The maximum atomic E-state index is 12.7. The molecule has 0 saturated carbocycles. The Balaban J connectivity index is 1.40. The van der Waals surface area contributed by atoms with Gasteiger partial charge in [0.25, 0.3) is 0 Å². The van der Waals surface area contributed by atoms with Crippen molar-refractivity contribution >= 4 is 27.7 Å². The Hall–Kier alpha value is -1.70. The molecule has 142 valence electrons. The average Bonchev–Trinajstić information content (AvgIpc) is 2.67. The van der Waals surface area contributed by atoms with Gasteiger partial charge in [-0.25, -0.2) is 9.97 Å². The summed E-state index contributed by atoms with van der Waals surface area (Å²) in [6.45, 7) is 5.13. The Kier molecular flexibility index (Phi) is 6.45. The van der Waals surface area contributed by atoms with Gasteiger partial charge in [-0.05, 0) is 47.5 Å². The third-order valence-corrected chi connectivity index (χ3v) is 5.67. The van der Waals surface area contributed by atoms with Gasteiger partial charge in [-0.2, -0.15) is 0 Å². The van der Waals surface area contributed by atoms with E-state index < -0.39 is 0 Å². The molecular formula is C18H25BrN4O3. The number of aromatic nitrogens is 2. The molecule has 3 rings (SSSR count). The van der Waals surface area contributed by atoms with Gasteiger partial charge >= 0.3 is 6.01 Å². The van der Waals surface area contributed by atoms with Crippen LogP contribution >= 0.6 is 15.9 Å². The molecule has 1 aromatic heterocycles. The Morgan fingerprint density at radius 1 is 1.08 bits per heavy atom. The minimum absolute atomic E-state index is 0.0644. The molecule has 26 heavy (non-hydrogen) atoms. The highest BCUT2D eigenvalue weighted by Gasteiger charge is 2.31. The van der Waals surface area contributed by atoms with E-state index in [9.17, 15) is 9.59 Å². The molecule has 8 heteroatoms. The molecule has 2 fully saturated rings. The van der Waals surface area contributed by atoms with E-state index >= 15 is 0 Å². The van der Waals surface area contributed by atoms with Crippen molar-refractivity contribution in [3.63, 3.8) is 0 Å². The van der Waals surface area contributed by atoms with Gasteiger partial charge in [-0.15, -0.1) is 0 Å². The van der Waals surface area contributed by atoms with Gasteiger partial charge in [0, 0.05) is 51.4 Å². The van der Waals surface area contributed by atoms with Crippen LogP contribution in [-0.4, -0.2) is 64.4 Å². The first-order valence-corrected chi connectivity index (χ1v) is 9.97. The lowest BCUT2D eigenvalue weighted by atomic mass is 9.92. The van der Waals surface area contributed by atoms with Gasteiger partial charge in [0.05, 0.1) is 11.1 Å². The van der Waals surface area contributed by atoms with Crippen molar-refractivity contribution in [1.82, 2.24) is 19.8 Å². The number of carbonyl (C=O) groups is 2. The van der Waals surface area contributed by atoms with Crippen LogP contribution < -0.4 is 4.74 Å².